The molecule has 0 amide bonds. The average molecular weight is 934 g/mol. The van der Waals surface area contributed by atoms with Gasteiger partial charge in [-0.3, -0.25) is 14.4 Å². The Labute approximate surface area is 412 Å². The summed E-state index contributed by atoms with van der Waals surface area (Å²) in [4.78, 5) is 38.2. The Balaban J connectivity index is 4.31. The van der Waals surface area contributed by atoms with E-state index < -0.39 is 6.10 Å². The molecule has 0 unspecified atom stereocenters. The van der Waals surface area contributed by atoms with Gasteiger partial charge in [0.2, 0.25) is 0 Å². The third-order valence-electron chi connectivity index (χ3n) is 13.6. The molecule has 392 valence electrons. The predicted octanol–water partition coefficient (Wildman–Crippen LogP) is 19.5. The van der Waals surface area contributed by atoms with E-state index in [2.05, 4.69) is 41.5 Å². The van der Waals surface area contributed by atoms with Crippen LogP contribution in [0, 0.1) is 17.8 Å². The first-order valence-corrected chi connectivity index (χ1v) is 29.6. The predicted molar refractivity (Wildman–Crippen MR) is 284 cm³/mol. The summed E-state index contributed by atoms with van der Waals surface area (Å²) in [5.74, 6) is 1.68. The summed E-state index contributed by atoms with van der Waals surface area (Å²) < 4.78 is 16.9. The second kappa shape index (κ2) is 51.3. The lowest BCUT2D eigenvalue weighted by Crippen LogP contribution is -2.30. The van der Waals surface area contributed by atoms with Gasteiger partial charge in [0.15, 0.2) is 6.10 Å². The molecule has 1 atom stereocenters. The van der Waals surface area contributed by atoms with Crippen molar-refractivity contribution in [3.63, 3.8) is 0 Å². The van der Waals surface area contributed by atoms with Gasteiger partial charge in [0, 0.05) is 19.3 Å². The Morgan fingerprint density at radius 2 is 0.439 bits per heavy atom. The first-order valence-electron chi connectivity index (χ1n) is 29.6. The molecule has 0 aliphatic carbocycles. The van der Waals surface area contributed by atoms with E-state index in [1.165, 1.54) is 212 Å². The lowest BCUT2D eigenvalue weighted by molar-refractivity contribution is -0.167. The SMILES string of the molecule is CC(C)CCCCCCCCCCCCCCCCC(=O)O[C@H](COC(=O)CCCCCCCCCCCCCCCC(C)C)COC(=O)CCCCCCCCCCCCCCC(C)C. The van der Waals surface area contributed by atoms with Crippen molar-refractivity contribution in [1.82, 2.24) is 0 Å². The second-order valence-electron chi connectivity index (χ2n) is 22.1. The highest BCUT2D eigenvalue weighted by Gasteiger charge is 2.19. The third-order valence-corrected chi connectivity index (χ3v) is 13.6. The maximum atomic E-state index is 12.9. The van der Waals surface area contributed by atoms with E-state index in [1.807, 2.05) is 0 Å². The molecule has 0 saturated carbocycles. The standard InChI is InChI=1S/C60H116O6/c1-54(2)46-40-34-28-22-16-10-7-8-12-21-27-33-39-45-51-60(63)66-57(53-65-59(62)50-44-38-32-26-20-15-14-18-24-30-36-42-48-56(5)6)52-64-58(61)49-43-37-31-25-19-13-9-11-17-23-29-35-41-47-55(3)4/h54-57H,7-53H2,1-6H3/t57-/m1/s1. The molecule has 0 aliphatic rings. The zero-order valence-electron chi connectivity index (χ0n) is 45.5. The van der Waals surface area contributed by atoms with Crippen LogP contribution in [0.2, 0.25) is 0 Å². The fourth-order valence-electron chi connectivity index (χ4n) is 9.18. The summed E-state index contributed by atoms with van der Waals surface area (Å²) in [6.45, 7) is 13.8. The molecule has 6 nitrogen and oxygen atoms in total. The van der Waals surface area contributed by atoms with Crippen molar-refractivity contribution >= 4 is 17.9 Å². The molecule has 0 bridgehead atoms. The number of carbonyl (C=O) groups is 3. The Morgan fingerprint density at radius 1 is 0.258 bits per heavy atom. The van der Waals surface area contributed by atoms with Gasteiger partial charge in [0.05, 0.1) is 0 Å². The van der Waals surface area contributed by atoms with Gasteiger partial charge in [-0.25, -0.2) is 0 Å². The van der Waals surface area contributed by atoms with E-state index in [1.54, 1.807) is 0 Å². The number of hydrogen-bond acceptors (Lipinski definition) is 6. The van der Waals surface area contributed by atoms with Crippen molar-refractivity contribution in [1.29, 1.82) is 0 Å². The maximum Gasteiger partial charge on any atom is 0.306 e. The zero-order chi connectivity index (χ0) is 48.4. The highest BCUT2D eigenvalue weighted by Crippen LogP contribution is 2.19. The van der Waals surface area contributed by atoms with Crippen LogP contribution in [0.5, 0.6) is 0 Å². The topological polar surface area (TPSA) is 78.9 Å². The van der Waals surface area contributed by atoms with E-state index in [0.717, 1.165) is 75.5 Å². The van der Waals surface area contributed by atoms with Crippen molar-refractivity contribution < 1.29 is 28.6 Å². The molecule has 6 heteroatoms. The molecule has 66 heavy (non-hydrogen) atoms. The fraction of sp³-hybridized carbons (Fsp3) is 0.950. The summed E-state index contributed by atoms with van der Waals surface area (Å²) >= 11 is 0. The van der Waals surface area contributed by atoms with Gasteiger partial charge in [0.25, 0.3) is 0 Å². The summed E-state index contributed by atoms with van der Waals surface area (Å²) in [6.07, 6.45) is 53.8. The van der Waals surface area contributed by atoms with Crippen molar-refractivity contribution in [3.8, 4) is 0 Å². The Hall–Kier alpha value is -1.59. The third kappa shape index (κ3) is 53.4. The first kappa shape index (κ1) is 64.4. The second-order valence-corrected chi connectivity index (χ2v) is 22.1. The molecule has 0 heterocycles. The van der Waals surface area contributed by atoms with Gasteiger partial charge in [-0.2, -0.15) is 0 Å². The van der Waals surface area contributed by atoms with Crippen LogP contribution in [0.4, 0.5) is 0 Å². The van der Waals surface area contributed by atoms with Crippen molar-refractivity contribution in [3.05, 3.63) is 0 Å². The van der Waals surface area contributed by atoms with Gasteiger partial charge in [0.1, 0.15) is 13.2 Å². The van der Waals surface area contributed by atoms with E-state index in [9.17, 15) is 14.4 Å². The van der Waals surface area contributed by atoms with Crippen LogP contribution in [0.25, 0.3) is 0 Å². The minimum Gasteiger partial charge on any atom is -0.462 e. The number of esters is 3. The molecule has 0 radical (unpaired) electrons. The molecule has 0 aromatic rings. The number of carbonyl (C=O) groups excluding carboxylic acids is 3. The number of unbranched alkanes of at least 4 members (excludes halogenated alkanes) is 36. The van der Waals surface area contributed by atoms with Crippen molar-refractivity contribution in [2.45, 2.75) is 337 Å². The Kier molecular flexibility index (Phi) is 50.0. The lowest BCUT2D eigenvalue weighted by atomic mass is 10.0. The minimum absolute atomic E-state index is 0.0633. The molecule has 0 aromatic carbocycles. The zero-order valence-corrected chi connectivity index (χ0v) is 45.5. The summed E-state index contributed by atoms with van der Waals surface area (Å²) in [5, 5.41) is 0. The Morgan fingerprint density at radius 3 is 0.652 bits per heavy atom. The van der Waals surface area contributed by atoms with Gasteiger partial charge in [-0.1, -0.05) is 292 Å². The molecule has 0 spiro atoms. The smallest absolute Gasteiger partial charge is 0.306 e. The molecule has 0 fully saturated rings. The maximum absolute atomic E-state index is 12.9. The van der Waals surface area contributed by atoms with E-state index in [0.29, 0.717) is 19.3 Å². The molecule has 0 aliphatic heterocycles. The highest BCUT2D eigenvalue weighted by molar-refractivity contribution is 5.71. The van der Waals surface area contributed by atoms with Gasteiger partial charge in [-0.05, 0) is 37.0 Å². The summed E-state index contributed by atoms with van der Waals surface area (Å²) in [6, 6.07) is 0. The molecule has 0 saturated heterocycles. The fourth-order valence-corrected chi connectivity index (χ4v) is 9.18. The van der Waals surface area contributed by atoms with E-state index in [-0.39, 0.29) is 31.1 Å². The van der Waals surface area contributed by atoms with Crippen LogP contribution in [-0.4, -0.2) is 37.2 Å². The molecule has 0 aromatic heterocycles. The van der Waals surface area contributed by atoms with Crippen LogP contribution in [0.1, 0.15) is 330 Å². The Bertz CT molecular complexity index is 1020. The minimum atomic E-state index is -0.764. The lowest BCUT2D eigenvalue weighted by Gasteiger charge is -2.18. The van der Waals surface area contributed by atoms with Crippen LogP contribution in [0.15, 0.2) is 0 Å². The van der Waals surface area contributed by atoms with Crippen molar-refractivity contribution in [2.24, 2.45) is 17.8 Å². The van der Waals surface area contributed by atoms with Crippen LogP contribution >= 0.6 is 0 Å². The monoisotopic (exact) mass is 933 g/mol. The van der Waals surface area contributed by atoms with E-state index in [4.69, 9.17) is 14.2 Å². The van der Waals surface area contributed by atoms with Crippen LogP contribution in [0.3, 0.4) is 0 Å². The molecular weight excluding hydrogens is 817 g/mol. The van der Waals surface area contributed by atoms with Gasteiger partial charge >= 0.3 is 17.9 Å². The normalized spacial score (nSPS) is 12.1. The largest absolute Gasteiger partial charge is 0.462 e. The summed E-state index contributed by atoms with van der Waals surface area (Å²) in [5.41, 5.74) is 0. The average Bonchev–Trinajstić information content (AvgIpc) is 3.28. The first-order chi connectivity index (χ1) is 32.1. The quantitative estimate of drug-likeness (QED) is 0.0343. The number of ether oxygens (including phenoxy) is 3. The molecule has 0 rings (SSSR count). The molecular formula is C60H116O6. The molecule has 0 N–H and O–H groups in total. The number of rotatable bonds is 53. The van der Waals surface area contributed by atoms with E-state index >= 15 is 0 Å². The van der Waals surface area contributed by atoms with Crippen LogP contribution in [-0.2, 0) is 28.6 Å². The van der Waals surface area contributed by atoms with Crippen molar-refractivity contribution in [2.75, 3.05) is 13.2 Å². The highest BCUT2D eigenvalue weighted by atomic mass is 16.6. The van der Waals surface area contributed by atoms with Gasteiger partial charge in [-0.15, -0.1) is 0 Å². The number of hydrogen-bond donors (Lipinski definition) is 0. The summed E-state index contributed by atoms with van der Waals surface area (Å²) in [7, 11) is 0. The van der Waals surface area contributed by atoms with Crippen LogP contribution < -0.4 is 0 Å². The van der Waals surface area contributed by atoms with Gasteiger partial charge < -0.3 is 14.2 Å².